The molecule has 5 nitrogen and oxygen atoms in total. The summed E-state index contributed by atoms with van der Waals surface area (Å²) in [7, 11) is -1.42. The number of carbonyl (C=O) groups excluding carboxylic acids is 1. The maximum absolute atomic E-state index is 12.0. The van der Waals surface area contributed by atoms with Gasteiger partial charge < -0.3 is 9.64 Å². The lowest BCUT2D eigenvalue weighted by molar-refractivity contribution is -0.131. The molecule has 122 valence electrons. The van der Waals surface area contributed by atoms with Crippen LogP contribution in [0.4, 0.5) is 0 Å². The fourth-order valence-electron chi connectivity index (χ4n) is 2.87. The number of ether oxygens (including phenoxy) is 1. The van der Waals surface area contributed by atoms with Crippen molar-refractivity contribution in [1.29, 1.82) is 0 Å². The molecule has 0 N–H and O–H groups in total. The second-order valence-corrected chi connectivity index (χ2v) is 8.04. The van der Waals surface area contributed by atoms with Crippen molar-refractivity contribution in [1.82, 2.24) is 4.90 Å². The molecule has 1 aliphatic rings. The minimum Gasteiger partial charge on any atom is -0.496 e. The maximum atomic E-state index is 12.0. The van der Waals surface area contributed by atoms with Crippen LogP contribution in [0.1, 0.15) is 30.7 Å². The van der Waals surface area contributed by atoms with E-state index in [4.69, 9.17) is 4.74 Å². The van der Waals surface area contributed by atoms with E-state index in [9.17, 15) is 13.2 Å². The molecule has 0 unspecified atom stereocenters. The lowest BCUT2D eigenvalue weighted by atomic mass is 9.88. The first-order valence-electron chi connectivity index (χ1n) is 7.49. The largest absolute Gasteiger partial charge is 0.496 e. The van der Waals surface area contributed by atoms with Gasteiger partial charge in [0.05, 0.1) is 12.9 Å². The van der Waals surface area contributed by atoms with Crippen molar-refractivity contribution in [3.63, 3.8) is 0 Å². The van der Waals surface area contributed by atoms with Crippen molar-refractivity contribution >= 4 is 15.7 Å². The Hall–Kier alpha value is -1.56. The fraction of sp³-hybridized carbons (Fsp3) is 0.562. The highest BCUT2D eigenvalue weighted by Gasteiger charge is 2.25. The van der Waals surface area contributed by atoms with E-state index in [0.717, 1.165) is 24.8 Å². The molecule has 2 rings (SSSR count). The Balaban J connectivity index is 1.91. The molecule has 1 aliphatic heterocycles. The van der Waals surface area contributed by atoms with Crippen LogP contribution in [0.15, 0.2) is 24.3 Å². The predicted molar refractivity (Wildman–Crippen MR) is 85.9 cm³/mol. The van der Waals surface area contributed by atoms with Crippen molar-refractivity contribution in [3.8, 4) is 5.75 Å². The van der Waals surface area contributed by atoms with E-state index < -0.39 is 9.84 Å². The summed E-state index contributed by atoms with van der Waals surface area (Å²) < 4.78 is 27.7. The molecule has 1 aromatic carbocycles. The van der Waals surface area contributed by atoms with E-state index in [0.29, 0.717) is 19.0 Å². The molecule has 0 atom stereocenters. The quantitative estimate of drug-likeness (QED) is 0.828. The summed E-state index contributed by atoms with van der Waals surface area (Å²) in [6.45, 7) is 1.34. The number of hydrogen-bond donors (Lipinski definition) is 0. The summed E-state index contributed by atoms with van der Waals surface area (Å²) in [6.07, 6.45) is 3.00. The van der Waals surface area contributed by atoms with E-state index in [2.05, 4.69) is 6.07 Å². The number of rotatable bonds is 5. The molecule has 0 aromatic heterocycles. The van der Waals surface area contributed by atoms with Crippen molar-refractivity contribution < 1.29 is 17.9 Å². The number of piperidine rings is 1. The van der Waals surface area contributed by atoms with Gasteiger partial charge in [0.2, 0.25) is 5.91 Å². The van der Waals surface area contributed by atoms with Gasteiger partial charge in [-0.25, -0.2) is 8.42 Å². The number of para-hydroxylation sites is 1. The van der Waals surface area contributed by atoms with Gasteiger partial charge in [-0.3, -0.25) is 4.79 Å². The van der Waals surface area contributed by atoms with Gasteiger partial charge in [-0.2, -0.15) is 0 Å². The monoisotopic (exact) mass is 325 g/mol. The second kappa shape index (κ2) is 7.13. The Kier molecular flexibility index (Phi) is 5.45. The SMILES string of the molecule is COc1ccccc1C1CCN(C(=O)CCS(C)(=O)=O)CC1. The number of amides is 1. The van der Waals surface area contributed by atoms with E-state index in [1.165, 1.54) is 5.56 Å². The third-order valence-electron chi connectivity index (χ3n) is 4.11. The van der Waals surface area contributed by atoms with Crippen molar-refractivity contribution in [2.45, 2.75) is 25.2 Å². The Labute approximate surface area is 132 Å². The zero-order valence-corrected chi connectivity index (χ0v) is 13.9. The highest BCUT2D eigenvalue weighted by molar-refractivity contribution is 7.90. The molecule has 1 saturated heterocycles. The van der Waals surface area contributed by atoms with Crippen LogP contribution in [-0.4, -0.2) is 51.4 Å². The average Bonchev–Trinajstić information content (AvgIpc) is 2.52. The second-order valence-electron chi connectivity index (χ2n) is 5.78. The van der Waals surface area contributed by atoms with Crippen LogP contribution in [0.25, 0.3) is 0 Å². The zero-order chi connectivity index (χ0) is 16.2. The number of methoxy groups -OCH3 is 1. The summed E-state index contributed by atoms with van der Waals surface area (Å²) in [6, 6.07) is 7.98. The third kappa shape index (κ3) is 4.47. The minimum absolute atomic E-state index is 0.0658. The Morgan fingerprint density at radius 1 is 1.27 bits per heavy atom. The summed E-state index contributed by atoms with van der Waals surface area (Å²) in [5.41, 5.74) is 1.19. The van der Waals surface area contributed by atoms with Crippen LogP contribution >= 0.6 is 0 Å². The highest BCUT2D eigenvalue weighted by Crippen LogP contribution is 2.34. The number of benzene rings is 1. The molecule has 1 heterocycles. The van der Waals surface area contributed by atoms with Gasteiger partial charge in [-0.05, 0) is 30.4 Å². The van der Waals surface area contributed by atoms with Crippen LogP contribution in [0.5, 0.6) is 5.75 Å². The van der Waals surface area contributed by atoms with Crippen molar-refractivity contribution in [3.05, 3.63) is 29.8 Å². The summed E-state index contributed by atoms with van der Waals surface area (Å²) in [4.78, 5) is 13.8. The molecule has 0 bridgehead atoms. The van der Waals surface area contributed by atoms with Crippen LogP contribution in [0.2, 0.25) is 0 Å². The zero-order valence-electron chi connectivity index (χ0n) is 13.1. The molecule has 1 amide bonds. The Morgan fingerprint density at radius 3 is 2.50 bits per heavy atom. The van der Waals surface area contributed by atoms with Gasteiger partial charge >= 0.3 is 0 Å². The van der Waals surface area contributed by atoms with Gasteiger partial charge in [0, 0.05) is 25.8 Å². The molecule has 1 fully saturated rings. The van der Waals surface area contributed by atoms with E-state index >= 15 is 0 Å². The van der Waals surface area contributed by atoms with E-state index in [1.54, 1.807) is 12.0 Å². The van der Waals surface area contributed by atoms with Crippen LogP contribution in [0, 0.1) is 0 Å². The maximum Gasteiger partial charge on any atom is 0.223 e. The van der Waals surface area contributed by atoms with Crippen molar-refractivity contribution in [2.24, 2.45) is 0 Å². The van der Waals surface area contributed by atoms with E-state index in [1.807, 2.05) is 18.2 Å². The van der Waals surface area contributed by atoms with Crippen LogP contribution in [0.3, 0.4) is 0 Å². The molecule has 6 heteroatoms. The number of sulfone groups is 1. The smallest absolute Gasteiger partial charge is 0.223 e. The highest BCUT2D eigenvalue weighted by atomic mass is 32.2. The molecule has 0 aliphatic carbocycles. The Bertz CT molecular complexity index is 619. The summed E-state index contributed by atoms with van der Waals surface area (Å²) in [5.74, 6) is 1.14. The topological polar surface area (TPSA) is 63.7 Å². The first-order valence-corrected chi connectivity index (χ1v) is 9.55. The van der Waals surface area contributed by atoms with Gasteiger partial charge in [-0.1, -0.05) is 18.2 Å². The first kappa shape index (κ1) is 16.8. The van der Waals surface area contributed by atoms with Gasteiger partial charge in [0.25, 0.3) is 0 Å². The molecular weight excluding hydrogens is 302 g/mol. The van der Waals surface area contributed by atoms with Gasteiger partial charge in [0.15, 0.2) is 0 Å². The lowest BCUT2D eigenvalue weighted by Crippen LogP contribution is -2.38. The molecular formula is C16H23NO4S. The third-order valence-corrected chi connectivity index (χ3v) is 5.06. The number of carbonyl (C=O) groups is 1. The minimum atomic E-state index is -3.08. The van der Waals surface area contributed by atoms with Gasteiger partial charge in [0.1, 0.15) is 15.6 Å². The predicted octanol–water partition coefficient (Wildman–Crippen LogP) is 1.84. The lowest BCUT2D eigenvalue weighted by Gasteiger charge is -2.32. The molecule has 0 spiro atoms. The molecule has 22 heavy (non-hydrogen) atoms. The van der Waals surface area contributed by atoms with Gasteiger partial charge in [-0.15, -0.1) is 0 Å². The first-order chi connectivity index (χ1) is 10.4. The number of nitrogens with zero attached hydrogens (tertiary/aromatic N) is 1. The number of hydrogen-bond acceptors (Lipinski definition) is 4. The standard InChI is InChI=1S/C16H23NO4S/c1-21-15-6-4-3-5-14(15)13-7-10-17(11-8-13)16(18)9-12-22(2,19)20/h3-6,13H,7-12H2,1-2H3. The fourth-order valence-corrected chi connectivity index (χ4v) is 3.42. The Morgan fingerprint density at radius 2 is 1.91 bits per heavy atom. The number of likely N-dealkylation sites (tertiary alicyclic amines) is 1. The molecule has 1 aromatic rings. The summed E-state index contributed by atoms with van der Waals surface area (Å²) in [5, 5.41) is 0. The van der Waals surface area contributed by atoms with E-state index in [-0.39, 0.29) is 18.1 Å². The molecule has 0 saturated carbocycles. The summed E-state index contributed by atoms with van der Waals surface area (Å²) >= 11 is 0. The van der Waals surface area contributed by atoms with Crippen molar-refractivity contribution in [2.75, 3.05) is 32.2 Å². The normalized spacial score (nSPS) is 16.5. The van der Waals surface area contributed by atoms with Crippen LogP contribution < -0.4 is 4.74 Å². The molecule has 0 radical (unpaired) electrons. The van der Waals surface area contributed by atoms with Crippen LogP contribution in [-0.2, 0) is 14.6 Å². The average molecular weight is 325 g/mol.